The van der Waals surface area contributed by atoms with Gasteiger partial charge in [0.1, 0.15) is 5.60 Å². The summed E-state index contributed by atoms with van der Waals surface area (Å²) in [6, 6.07) is 10.5. The maximum absolute atomic E-state index is 12.4. The fraction of sp³-hybridized carbons (Fsp3) is 0.458. The normalized spacial score (nSPS) is 14.7. The van der Waals surface area contributed by atoms with Crippen molar-refractivity contribution in [3.05, 3.63) is 35.7 Å². The smallest absolute Gasteiger partial charge is 0.410 e. The van der Waals surface area contributed by atoms with Crippen LogP contribution in [0.15, 0.2) is 30.3 Å². The first-order valence-electron chi connectivity index (χ1n) is 10.8. The van der Waals surface area contributed by atoms with Crippen molar-refractivity contribution in [1.29, 1.82) is 0 Å². The molecular weight excluding hydrogens is 424 g/mol. The van der Waals surface area contributed by atoms with Crippen molar-refractivity contribution in [1.82, 2.24) is 14.5 Å². The number of hydrogen-bond acceptors (Lipinski definition) is 6. The van der Waals surface area contributed by atoms with Gasteiger partial charge in [0.15, 0.2) is 18.8 Å². The number of hydrogen-bond donors (Lipinski definition) is 0. The van der Waals surface area contributed by atoms with E-state index in [1.807, 2.05) is 40.9 Å². The molecule has 3 aliphatic rings. The lowest BCUT2D eigenvalue weighted by molar-refractivity contribution is 0.0217. The molecule has 4 rings (SSSR count). The van der Waals surface area contributed by atoms with Gasteiger partial charge in [-0.05, 0) is 39.0 Å². The van der Waals surface area contributed by atoms with Crippen LogP contribution in [0.25, 0.3) is 20.8 Å². The molecule has 1 aromatic carbocycles. The average Bonchev–Trinajstić information content (AvgIpc) is 2.75. The van der Waals surface area contributed by atoms with Crippen LogP contribution in [0.5, 0.6) is 5.75 Å². The Morgan fingerprint density at radius 2 is 1.88 bits per heavy atom. The summed E-state index contributed by atoms with van der Waals surface area (Å²) in [5.74, 6) is 0.798. The SMILES string of the molecule is COc1cc2nc3ccc(N(C)C)cc3sc-2cc1=[N+]1CCN(C(=O)OC(C)(C)C)CC1. The molecule has 7 nitrogen and oxygen atoms in total. The van der Waals surface area contributed by atoms with Crippen LogP contribution in [0, 0.1) is 0 Å². The highest BCUT2D eigenvalue weighted by Gasteiger charge is 2.28. The van der Waals surface area contributed by atoms with Crippen molar-refractivity contribution in [3.8, 4) is 16.3 Å². The molecule has 8 heteroatoms. The highest BCUT2D eigenvalue weighted by molar-refractivity contribution is 7.21. The second kappa shape index (κ2) is 8.58. The average molecular weight is 456 g/mol. The summed E-state index contributed by atoms with van der Waals surface area (Å²) >= 11 is 1.74. The van der Waals surface area contributed by atoms with Gasteiger partial charge < -0.3 is 14.4 Å². The minimum absolute atomic E-state index is 0.253. The molecule has 2 heterocycles. The maximum atomic E-state index is 12.4. The molecule has 0 saturated carbocycles. The highest BCUT2D eigenvalue weighted by atomic mass is 32.1. The molecule has 1 aliphatic carbocycles. The first kappa shape index (κ1) is 22.3. The Hall–Kier alpha value is -2.87. The van der Waals surface area contributed by atoms with Crippen LogP contribution < -0.4 is 19.6 Å². The van der Waals surface area contributed by atoms with Crippen LogP contribution in [-0.4, -0.2) is 69.0 Å². The predicted molar refractivity (Wildman–Crippen MR) is 130 cm³/mol. The molecule has 1 amide bonds. The zero-order valence-electron chi connectivity index (χ0n) is 19.6. The first-order valence-corrected chi connectivity index (χ1v) is 11.6. The summed E-state index contributed by atoms with van der Waals surface area (Å²) in [6.07, 6.45) is -0.253. The van der Waals surface area contributed by atoms with E-state index < -0.39 is 5.60 Å². The van der Waals surface area contributed by atoms with E-state index in [1.165, 1.54) is 0 Å². The summed E-state index contributed by atoms with van der Waals surface area (Å²) < 4.78 is 14.7. The molecular formula is C24H31N4O3S+. The number of aromatic nitrogens is 1. The maximum Gasteiger partial charge on any atom is 0.410 e. The molecule has 2 aliphatic heterocycles. The van der Waals surface area contributed by atoms with Crippen molar-refractivity contribution in [3.63, 3.8) is 0 Å². The molecule has 0 atom stereocenters. The standard InChI is InChI=1S/C24H31N4O3S/c1-24(2,3)31-23(29)28-11-9-27(10-12-28)19-15-22-18(14-20(19)30-6)25-17-8-7-16(26(4)5)13-21(17)32-22/h7-8,13-15H,9-12H2,1-6H3/q+1. The Bertz CT molecular complexity index is 1190. The van der Waals surface area contributed by atoms with Gasteiger partial charge in [-0.25, -0.2) is 14.4 Å². The number of fused-ring (bicyclic) bond motifs is 2. The lowest BCUT2D eigenvalue weighted by atomic mass is 10.2. The lowest BCUT2D eigenvalue weighted by Gasteiger charge is -2.28. The van der Waals surface area contributed by atoms with Gasteiger partial charge in [0.25, 0.3) is 0 Å². The summed E-state index contributed by atoms with van der Waals surface area (Å²) in [6.45, 7) is 8.34. The molecule has 0 bridgehead atoms. The molecule has 0 aromatic heterocycles. The molecule has 1 saturated heterocycles. The minimum atomic E-state index is -0.487. The topological polar surface area (TPSA) is 57.9 Å². The summed E-state index contributed by atoms with van der Waals surface area (Å²) in [7, 11) is 5.77. The zero-order chi connectivity index (χ0) is 23.0. The molecule has 0 N–H and O–H groups in total. The summed E-state index contributed by atoms with van der Waals surface area (Å²) in [4.78, 5) is 22.3. The van der Waals surface area contributed by atoms with E-state index in [4.69, 9.17) is 14.5 Å². The number of anilines is 1. The van der Waals surface area contributed by atoms with Gasteiger partial charge in [0.05, 0.1) is 41.0 Å². The van der Waals surface area contributed by atoms with Crippen LogP contribution in [0.4, 0.5) is 10.5 Å². The molecule has 1 aromatic rings. The largest absolute Gasteiger partial charge is 0.490 e. The number of benzene rings is 2. The van der Waals surface area contributed by atoms with Crippen LogP contribution in [0.2, 0.25) is 0 Å². The van der Waals surface area contributed by atoms with Gasteiger partial charge >= 0.3 is 6.09 Å². The van der Waals surface area contributed by atoms with Crippen molar-refractivity contribution >= 4 is 33.3 Å². The van der Waals surface area contributed by atoms with Crippen molar-refractivity contribution < 1.29 is 14.3 Å². The van der Waals surface area contributed by atoms with Crippen molar-refractivity contribution in [2.75, 3.05) is 52.3 Å². The lowest BCUT2D eigenvalue weighted by Crippen LogP contribution is -2.51. The molecule has 32 heavy (non-hydrogen) atoms. The number of piperazine rings is 1. The number of carbonyl (C=O) groups is 1. The fourth-order valence-electron chi connectivity index (χ4n) is 3.78. The summed E-state index contributed by atoms with van der Waals surface area (Å²) in [5.41, 5.74) is 2.57. The van der Waals surface area contributed by atoms with E-state index in [2.05, 4.69) is 33.7 Å². The number of amides is 1. The Balaban J connectivity index is 1.70. The van der Waals surface area contributed by atoms with Crippen LogP contribution >= 0.6 is 11.3 Å². The van der Waals surface area contributed by atoms with Crippen molar-refractivity contribution in [2.45, 2.75) is 26.4 Å². The predicted octanol–water partition coefficient (Wildman–Crippen LogP) is 3.50. The molecule has 0 unspecified atom stereocenters. The number of rotatable bonds is 2. The number of carbonyl (C=O) groups excluding carboxylic acids is 1. The fourth-order valence-corrected chi connectivity index (χ4v) is 4.79. The van der Waals surface area contributed by atoms with Gasteiger partial charge in [-0.2, -0.15) is 0 Å². The van der Waals surface area contributed by atoms with Gasteiger partial charge in [-0.1, -0.05) is 0 Å². The summed E-state index contributed by atoms with van der Waals surface area (Å²) in [5, 5.41) is 1.03. The number of ether oxygens (including phenoxy) is 2. The number of methoxy groups -OCH3 is 1. The molecule has 0 spiro atoms. The van der Waals surface area contributed by atoms with E-state index >= 15 is 0 Å². The zero-order valence-corrected chi connectivity index (χ0v) is 20.5. The van der Waals surface area contributed by atoms with E-state index in [1.54, 1.807) is 23.3 Å². The van der Waals surface area contributed by atoms with Gasteiger partial charge in [-0.3, -0.25) is 4.90 Å². The Morgan fingerprint density at radius 3 is 2.50 bits per heavy atom. The van der Waals surface area contributed by atoms with Crippen molar-refractivity contribution in [2.24, 2.45) is 0 Å². The van der Waals surface area contributed by atoms with E-state index in [0.717, 1.165) is 50.7 Å². The van der Waals surface area contributed by atoms with Crippen LogP contribution in [-0.2, 0) is 4.74 Å². The van der Waals surface area contributed by atoms with Crippen LogP contribution in [0.3, 0.4) is 0 Å². The van der Waals surface area contributed by atoms with Crippen LogP contribution in [0.1, 0.15) is 20.8 Å². The highest BCUT2D eigenvalue weighted by Crippen LogP contribution is 2.33. The van der Waals surface area contributed by atoms with Gasteiger partial charge in [0.2, 0.25) is 5.36 Å². The van der Waals surface area contributed by atoms with E-state index in [0.29, 0.717) is 13.1 Å². The monoisotopic (exact) mass is 455 g/mol. The molecule has 1 fully saturated rings. The Kier molecular flexibility index (Phi) is 5.99. The van der Waals surface area contributed by atoms with E-state index in [-0.39, 0.29) is 6.09 Å². The molecule has 170 valence electrons. The quantitative estimate of drug-likeness (QED) is 0.437. The minimum Gasteiger partial charge on any atom is -0.490 e. The van der Waals surface area contributed by atoms with Gasteiger partial charge in [-0.15, -0.1) is 11.3 Å². The third-order valence-corrected chi connectivity index (χ3v) is 6.55. The molecule has 0 radical (unpaired) electrons. The first-order chi connectivity index (χ1) is 15.1. The number of nitrogens with zero attached hydrogens (tertiary/aromatic N) is 4. The third kappa shape index (κ3) is 4.65. The Morgan fingerprint density at radius 1 is 1.16 bits per heavy atom. The van der Waals surface area contributed by atoms with E-state index in [9.17, 15) is 4.79 Å². The third-order valence-electron chi connectivity index (χ3n) is 5.45. The second-order valence-corrected chi connectivity index (χ2v) is 10.3. The second-order valence-electron chi connectivity index (χ2n) is 9.21. The Labute approximate surface area is 192 Å². The van der Waals surface area contributed by atoms with Gasteiger partial charge in [0, 0.05) is 31.9 Å².